The van der Waals surface area contributed by atoms with E-state index >= 15 is 0 Å². The van der Waals surface area contributed by atoms with E-state index in [1.807, 2.05) is 69.2 Å². The molecular formula is C30H50. The second kappa shape index (κ2) is 26.7. The number of allylic oxidation sites excluding steroid dienone is 2. The first-order valence-electron chi connectivity index (χ1n) is 11.6. The molecule has 0 saturated carbocycles. The summed E-state index contributed by atoms with van der Waals surface area (Å²) in [6.07, 6.45) is 5.99. The lowest BCUT2D eigenvalue weighted by atomic mass is 9.90. The molecule has 0 fully saturated rings. The van der Waals surface area contributed by atoms with Gasteiger partial charge >= 0.3 is 0 Å². The van der Waals surface area contributed by atoms with Crippen LogP contribution in [0.4, 0.5) is 0 Å². The Hall–Kier alpha value is -2.34. The molecule has 2 aromatic rings. The van der Waals surface area contributed by atoms with Crippen LogP contribution in [0, 0.1) is 13.8 Å². The zero-order valence-electron chi connectivity index (χ0n) is 22.2. The van der Waals surface area contributed by atoms with E-state index in [1.165, 1.54) is 27.8 Å². The molecule has 2 rings (SSSR count). The van der Waals surface area contributed by atoms with Crippen LogP contribution < -0.4 is 0 Å². The Morgan fingerprint density at radius 3 is 1.50 bits per heavy atom. The smallest absolute Gasteiger partial charge is 0.0109 e. The maximum absolute atomic E-state index is 4.31. The molecule has 0 aliphatic rings. The summed E-state index contributed by atoms with van der Waals surface area (Å²) in [7, 11) is 0. The molecule has 30 heavy (non-hydrogen) atoms. The van der Waals surface area contributed by atoms with Gasteiger partial charge in [-0.15, -0.1) is 6.58 Å². The maximum atomic E-state index is 4.31. The van der Waals surface area contributed by atoms with Crippen LogP contribution in [0.1, 0.15) is 97.1 Å². The van der Waals surface area contributed by atoms with Gasteiger partial charge in [-0.3, -0.25) is 0 Å². The predicted octanol–water partition coefficient (Wildman–Crippen LogP) is 10.7. The molecule has 0 unspecified atom stereocenters. The summed E-state index contributed by atoms with van der Waals surface area (Å²) in [5, 5.41) is 0. The fraction of sp³-hybridized carbons (Fsp3) is 0.400. The SMILES string of the molecule is C=C(c1ccccc1C)c1cccc(C)c1/C=C\C.C=CC.CC.CC.CC.CC. The summed E-state index contributed by atoms with van der Waals surface area (Å²) in [5.41, 5.74) is 7.34. The zero-order chi connectivity index (χ0) is 24.5. The topological polar surface area (TPSA) is 0 Å². The second-order valence-corrected chi connectivity index (χ2v) is 5.24. The van der Waals surface area contributed by atoms with Crippen molar-refractivity contribution in [2.75, 3.05) is 0 Å². The fourth-order valence-electron chi connectivity index (χ4n) is 2.39. The van der Waals surface area contributed by atoms with Gasteiger partial charge in [0.25, 0.3) is 0 Å². The van der Waals surface area contributed by atoms with Crippen LogP contribution in [-0.4, -0.2) is 0 Å². The summed E-state index contributed by atoms with van der Waals surface area (Å²) in [6.45, 7) is 31.9. The molecule has 0 N–H and O–H groups in total. The highest BCUT2D eigenvalue weighted by Gasteiger charge is 2.09. The van der Waals surface area contributed by atoms with Gasteiger partial charge < -0.3 is 0 Å². The molecule has 0 aromatic heterocycles. The van der Waals surface area contributed by atoms with E-state index < -0.39 is 0 Å². The van der Waals surface area contributed by atoms with E-state index in [1.54, 1.807) is 6.08 Å². The normalized spacial score (nSPS) is 8.13. The average molecular weight is 411 g/mol. The van der Waals surface area contributed by atoms with E-state index in [4.69, 9.17) is 0 Å². The maximum Gasteiger partial charge on any atom is -0.0109 e. The Kier molecular flexibility index (Phi) is 31.2. The van der Waals surface area contributed by atoms with Crippen molar-refractivity contribution < 1.29 is 0 Å². The highest BCUT2D eigenvalue weighted by Crippen LogP contribution is 2.29. The van der Waals surface area contributed by atoms with E-state index in [2.05, 4.69) is 81.6 Å². The van der Waals surface area contributed by atoms with Crippen molar-refractivity contribution in [1.82, 2.24) is 0 Å². The molecule has 0 bridgehead atoms. The summed E-state index contributed by atoms with van der Waals surface area (Å²) in [4.78, 5) is 0. The molecule has 0 amide bonds. The third-order valence-corrected chi connectivity index (χ3v) is 3.45. The van der Waals surface area contributed by atoms with Crippen LogP contribution in [0.2, 0.25) is 0 Å². The van der Waals surface area contributed by atoms with Crippen LogP contribution in [-0.2, 0) is 0 Å². The summed E-state index contributed by atoms with van der Waals surface area (Å²) < 4.78 is 0. The highest BCUT2D eigenvalue weighted by atomic mass is 14.1. The third-order valence-electron chi connectivity index (χ3n) is 3.45. The van der Waals surface area contributed by atoms with Crippen molar-refractivity contribution in [3.8, 4) is 0 Å². The minimum atomic E-state index is 1.09. The van der Waals surface area contributed by atoms with Gasteiger partial charge in [-0.05, 0) is 61.1 Å². The molecule has 0 aliphatic heterocycles. The van der Waals surface area contributed by atoms with E-state index in [0.29, 0.717) is 0 Å². The van der Waals surface area contributed by atoms with Gasteiger partial charge in [-0.1, -0.05) is 123 Å². The number of aryl methyl sites for hydroxylation is 2. The Morgan fingerprint density at radius 2 is 1.07 bits per heavy atom. The number of benzene rings is 2. The molecule has 0 spiro atoms. The lowest BCUT2D eigenvalue weighted by Gasteiger charge is -2.14. The number of hydrogen-bond donors (Lipinski definition) is 0. The monoisotopic (exact) mass is 410 g/mol. The first-order chi connectivity index (χ1) is 14.6. The predicted molar refractivity (Wildman–Crippen MR) is 146 cm³/mol. The Balaban J connectivity index is -0.000000265. The van der Waals surface area contributed by atoms with Crippen molar-refractivity contribution in [1.29, 1.82) is 0 Å². The van der Waals surface area contributed by atoms with Gasteiger partial charge in [0.2, 0.25) is 0 Å². The number of rotatable bonds is 3. The van der Waals surface area contributed by atoms with Gasteiger partial charge in [0.1, 0.15) is 0 Å². The van der Waals surface area contributed by atoms with Gasteiger partial charge in [0.05, 0.1) is 0 Å². The van der Waals surface area contributed by atoms with Crippen molar-refractivity contribution in [2.24, 2.45) is 0 Å². The zero-order valence-corrected chi connectivity index (χ0v) is 22.2. The average Bonchev–Trinajstić information content (AvgIpc) is 2.81. The lowest BCUT2D eigenvalue weighted by molar-refractivity contribution is 1.38. The van der Waals surface area contributed by atoms with E-state index in [-0.39, 0.29) is 0 Å². The van der Waals surface area contributed by atoms with Crippen molar-refractivity contribution in [2.45, 2.75) is 83.1 Å². The molecule has 0 radical (unpaired) electrons. The molecule has 0 atom stereocenters. The minimum absolute atomic E-state index is 1.09. The molecule has 0 aliphatic carbocycles. The molecular weight excluding hydrogens is 360 g/mol. The first kappa shape index (κ1) is 35.1. The van der Waals surface area contributed by atoms with Crippen LogP contribution in [0.3, 0.4) is 0 Å². The summed E-state index contributed by atoms with van der Waals surface area (Å²) in [5.74, 6) is 0. The van der Waals surface area contributed by atoms with Crippen molar-refractivity contribution in [3.63, 3.8) is 0 Å². The summed E-state index contributed by atoms with van der Waals surface area (Å²) in [6, 6.07) is 14.8. The molecule has 2 aromatic carbocycles. The second-order valence-electron chi connectivity index (χ2n) is 5.24. The van der Waals surface area contributed by atoms with Gasteiger partial charge in [0.15, 0.2) is 0 Å². The number of hydrogen-bond acceptors (Lipinski definition) is 0. The lowest BCUT2D eigenvalue weighted by Crippen LogP contribution is -1.94. The van der Waals surface area contributed by atoms with Crippen molar-refractivity contribution in [3.05, 3.63) is 95.6 Å². The first-order valence-corrected chi connectivity index (χ1v) is 11.6. The minimum Gasteiger partial charge on any atom is -0.103 e. The fourth-order valence-corrected chi connectivity index (χ4v) is 2.39. The van der Waals surface area contributed by atoms with Crippen LogP contribution in [0.15, 0.2) is 67.8 Å². The van der Waals surface area contributed by atoms with Gasteiger partial charge in [-0.2, -0.15) is 0 Å². The van der Waals surface area contributed by atoms with Crippen LogP contribution in [0.25, 0.3) is 11.6 Å². The van der Waals surface area contributed by atoms with Gasteiger partial charge in [0, 0.05) is 0 Å². The molecule has 170 valence electrons. The standard InChI is InChI=1S/C19H20.C3H6.4C2H6/c1-5-9-18-15(3)11-8-13-19(18)16(4)17-12-7-6-10-14(17)2;1-3-2;4*1-2/h5-13H,4H2,1-3H3;3H,1H2,2H3;4*1-2H3/b9-5-;;;;;. The van der Waals surface area contributed by atoms with Crippen molar-refractivity contribution >= 4 is 11.6 Å². The third kappa shape index (κ3) is 13.8. The molecule has 0 saturated heterocycles. The molecule has 0 nitrogen and oxygen atoms in total. The highest BCUT2D eigenvalue weighted by molar-refractivity contribution is 5.85. The van der Waals surface area contributed by atoms with E-state index in [0.717, 1.165) is 5.57 Å². The molecule has 0 heterocycles. The quantitative estimate of drug-likeness (QED) is 0.441. The van der Waals surface area contributed by atoms with Gasteiger partial charge in [-0.25, -0.2) is 0 Å². The Morgan fingerprint density at radius 1 is 0.667 bits per heavy atom. The summed E-state index contributed by atoms with van der Waals surface area (Å²) >= 11 is 0. The molecule has 0 heteroatoms. The van der Waals surface area contributed by atoms with E-state index in [9.17, 15) is 0 Å². The Bertz CT molecular complexity index is 672. The Labute approximate surface area is 190 Å². The largest absolute Gasteiger partial charge is 0.103 e. The van der Waals surface area contributed by atoms with Crippen LogP contribution in [0.5, 0.6) is 0 Å². The van der Waals surface area contributed by atoms with Crippen LogP contribution >= 0.6 is 0 Å².